The van der Waals surface area contributed by atoms with E-state index in [1.165, 1.54) is 12.6 Å². The summed E-state index contributed by atoms with van der Waals surface area (Å²) in [6, 6.07) is 12.3. The number of H-pyrrole nitrogens is 1. The molecule has 1 saturated heterocycles. The van der Waals surface area contributed by atoms with Gasteiger partial charge >= 0.3 is 17.4 Å². The number of carbonyl (C=O) groups is 1. The van der Waals surface area contributed by atoms with Gasteiger partial charge in [0.25, 0.3) is 5.56 Å². The normalized spacial score (nSPS) is 16.8. The zero-order valence-electron chi connectivity index (χ0n) is 26.7. The summed E-state index contributed by atoms with van der Waals surface area (Å²) in [6.45, 7) is 8.30. The predicted molar refractivity (Wildman–Crippen MR) is 169 cm³/mol. The summed E-state index contributed by atoms with van der Waals surface area (Å²) < 4.78 is 14.5. The van der Waals surface area contributed by atoms with Crippen LogP contribution in [0.25, 0.3) is 34.1 Å². The molecule has 0 radical (unpaired) electrons. The van der Waals surface area contributed by atoms with Crippen LogP contribution in [-0.2, 0) is 18.3 Å². The van der Waals surface area contributed by atoms with E-state index < -0.39 is 16.9 Å². The fourth-order valence-electron chi connectivity index (χ4n) is 6.25. The van der Waals surface area contributed by atoms with Crippen molar-refractivity contribution in [2.75, 3.05) is 20.1 Å². The highest BCUT2D eigenvalue weighted by atomic mass is 16.6. The Hall–Kier alpha value is -4.32. The molecule has 238 valence electrons. The SMILES string of the molecule is CN(C(=O)OC(C)(C)C)C1CCN(Cc2ccc(-c3ccc(-c4nc5c(=O)n(C)c(=O)[nH]c5[n+](C5CCCC5)n4)o3)cc2)CC1. The molecule has 4 aromatic rings. The van der Waals surface area contributed by atoms with Crippen molar-refractivity contribution < 1.29 is 18.6 Å². The third kappa shape index (κ3) is 6.56. The molecule has 12 heteroatoms. The Morgan fingerprint density at radius 3 is 2.38 bits per heavy atom. The molecule has 1 aliphatic carbocycles. The van der Waals surface area contributed by atoms with Crippen LogP contribution in [-0.4, -0.2) is 67.3 Å². The van der Waals surface area contributed by atoms with Crippen LogP contribution in [0.15, 0.2) is 50.4 Å². The molecule has 0 spiro atoms. The van der Waals surface area contributed by atoms with E-state index in [9.17, 15) is 14.4 Å². The second kappa shape index (κ2) is 12.2. The van der Waals surface area contributed by atoms with Gasteiger partial charge in [0.05, 0.1) is 0 Å². The first-order valence-electron chi connectivity index (χ1n) is 15.8. The maximum Gasteiger partial charge on any atom is 0.416 e. The van der Waals surface area contributed by atoms with Crippen LogP contribution in [0.3, 0.4) is 0 Å². The number of likely N-dealkylation sites (tertiary alicyclic amines) is 1. The molecule has 45 heavy (non-hydrogen) atoms. The number of benzene rings is 1. The molecule has 1 amide bonds. The largest absolute Gasteiger partial charge is 0.453 e. The average molecular weight is 617 g/mol. The number of furan rings is 1. The number of nitrogens with zero attached hydrogens (tertiary/aromatic N) is 6. The van der Waals surface area contributed by atoms with Gasteiger partial charge in [0.2, 0.25) is 11.3 Å². The standard InChI is InChI=1S/C33H41N7O5/c1-33(2,3)45-32(43)37(4)23-16-18-39(19-17-23)20-21-10-12-22(13-11-21)25-14-15-26(44-25)28-34-27-29(35-31(42)38(5)30(27)41)40(36-28)24-8-6-7-9-24/h10-15,23-24H,6-9,16-20H2,1-5H3/p+1. The number of aromatic nitrogens is 5. The van der Waals surface area contributed by atoms with Crippen molar-refractivity contribution in [1.29, 1.82) is 0 Å². The Bertz CT molecular complexity index is 1800. The minimum absolute atomic E-state index is 0.0793. The van der Waals surface area contributed by atoms with Gasteiger partial charge in [0, 0.05) is 45.3 Å². The van der Waals surface area contributed by atoms with Gasteiger partial charge in [-0.15, -0.1) is 4.68 Å². The Morgan fingerprint density at radius 1 is 1.04 bits per heavy atom. The van der Waals surface area contributed by atoms with Crippen molar-refractivity contribution in [2.24, 2.45) is 7.05 Å². The molecule has 1 N–H and O–H groups in total. The summed E-state index contributed by atoms with van der Waals surface area (Å²) >= 11 is 0. The highest BCUT2D eigenvalue weighted by Crippen LogP contribution is 2.29. The van der Waals surface area contributed by atoms with Crippen molar-refractivity contribution in [2.45, 2.75) is 83.5 Å². The van der Waals surface area contributed by atoms with Gasteiger partial charge in [-0.25, -0.2) is 19.1 Å². The Labute approximate surface area is 261 Å². The lowest BCUT2D eigenvalue weighted by Gasteiger charge is -2.37. The minimum Gasteiger partial charge on any atom is -0.453 e. The maximum atomic E-state index is 13.0. The monoisotopic (exact) mass is 616 g/mol. The van der Waals surface area contributed by atoms with E-state index in [-0.39, 0.29) is 23.7 Å². The van der Waals surface area contributed by atoms with Gasteiger partial charge in [-0.05, 0) is 77.0 Å². The van der Waals surface area contributed by atoms with Crippen LogP contribution in [0, 0.1) is 0 Å². The van der Waals surface area contributed by atoms with E-state index in [0.717, 1.165) is 68.3 Å². The lowest BCUT2D eigenvalue weighted by molar-refractivity contribution is -0.754. The number of hydrogen-bond acceptors (Lipinski definition) is 8. The second-order valence-corrected chi connectivity index (χ2v) is 13.3. The molecule has 1 aliphatic heterocycles. The topological polar surface area (TPSA) is 130 Å². The third-order valence-corrected chi connectivity index (χ3v) is 8.84. The lowest BCUT2D eigenvalue weighted by atomic mass is 10.0. The third-order valence-electron chi connectivity index (χ3n) is 8.84. The highest BCUT2D eigenvalue weighted by molar-refractivity contribution is 5.68. The van der Waals surface area contributed by atoms with Crippen LogP contribution in [0.4, 0.5) is 4.79 Å². The predicted octanol–water partition coefficient (Wildman–Crippen LogP) is 4.18. The summed E-state index contributed by atoms with van der Waals surface area (Å²) in [5.74, 6) is 1.44. The van der Waals surface area contributed by atoms with Crippen molar-refractivity contribution >= 4 is 17.3 Å². The molecule has 0 atom stereocenters. The van der Waals surface area contributed by atoms with Crippen LogP contribution in [0.1, 0.15) is 70.9 Å². The molecule has 2 aliphatic rings. The number of amides is 1. The molecule has 0 unspecified atom stereocenters. The summed E-state index contributed by atoms with van der Waals surface area (Å²) in [6.07, 6.45) is 5.52. The number of rotatable bonds is 6. The first-order chi connectivity index (χ1) is 21.5. The van der Waals surface area contributed by atoms with Gasteiger partial charge in [0.1, 0.15) is 17.4 Å². The zero-order chi connectivity index (χ0) is 31.9. The molecule has 12 nitrogen and oxygen atoms in total. The van der Waals surface area contributed by atoms with Crippen molar-refractivity contribution in [3.05, 3.63) is 62.8 Å². The first kappa shape index (κ1) is 30.7. The molecule has 4 heterocycles. The second-order valence-electron chi connectivity index (χ2n) is 13.3. The van der Waals surface area contributed by atoms with E-state index in [2.05, 4.69) is 27.0 Å². The van der Waals surface area contributed by atoms with E-state index in [1.54, 1.807) is 9.58 Å². The maximum absolute atomic E-state index is 13.0. The van der Waals surface area contributed by atoms with Gasteiger partial charge in [-0.2, -0.15) is 4.98 Å². The number of ether oxygens (including phenoxy) is 1. The Balaban J connectivity index is 1.14. The number of carbonyl (C=O) groups excluding carboxylic acids is 1. The van der Waals surface area contributed by atoms with Crippen molar-refractivity contribution in [1.82, 2.24) is 29.4 Å². The number of hydrogen-bond donors (Lipinski definition) is 1. The molecular formula is C33H42N7O5+. The number of nitrogens with one attached hydrogen (secondary N) is 1. The van der Waals surface area contributed by atoms with Crippen molar-refractivity contribution in [3.8, 4) is 22.9 Å². The van der Waals surface area contributed by atoms with Crippen molar-refractivity contribution in [3.63, 3.8) is 0 Å². The summed E-state index contributed by atoms with van der Waals surface area (Å²) in [5, 5.41) is 4.75. The van der Waals surface area contributed by atoms with Crippen LogP contribution >= 0.6 is 0 Å². The molecular weight excluding hydrogens is 574 g/mol. The Kier molecular flexibility index (Phi) is 8.34. The summed E-state index contributed by atoms with van der Waals surface area (Å²) in [4.78, 5) is 49.3. The van der Waals surface area contributed by atoms with Gasteiger partial charge in [-0.3, -0.25) is 9.69 Å². The fourth-order valence-corrected chi connectivity index (χ4v) is 6.25. The van der Waals surface area contributed by atoms with E-state index in [4.69, 9.17) is 14.3 Å². The lowest BCUT2D eigenvalue weighted by Crippen LogP contribution is -2.47. The first-order valence-corrected chi connectivity index (χ1v) is 15.8. The van der Waals surface area contributed by atoms with Gasteiger partial charge < -0.3 is 14.1 Å². The number of aromatic amines is 1. The summed E-state index contributed by atoms with van der Waals surface area (Å²) in [7, 11) is 3.26. The molecule has 3 aromatic heterocycles. The average Bonchev–Trinajstić information content (AvgIpc) is 3.73. The van der Waals surface area contributed by atoms with Crippen LogP contribution in [0.5, 0.6) is 0 Å². The van der Waals surface area contributed by atoms with Crippen LogP contribution in [0.2, 0.25) is 0 Å². The fraction of sp³-hybridized carbons (Fsp3) is 0.515. The van der Waals surface area contributed by atoms with E-state index >= 15 is 0 Å². The molecule has 2 fully saturated rings. The molecule has 1 saturated carbocycles. The minimum atomic E-state index is -0.500. The van der Waals surface area contributed by atoms with E-state index in [1.807, 2.05) is 52.1 Å². The summed E-state index contributed by atoms with van der Waals surface area (Å²) in [5.41, 5.74) is 1.18. The van der Waals surface area contributed by atoms with Crippen LogP contribution < -0.4 is 15.9 Å². The molecule has 1 aromatic carbocycles. The van der Waals surface area contributed by atoms with E-state index in [0.29, 0.717) is 23.0 Å². The zero-order valence-corrected chi connectivity index (χ0v) is 26.7. The molecule has 6 rings (SSSR count). The highest BCUT2D eigenvalue weighted by Gasteiger charge is 2.30. The smallest absolute Gasteiger partial charge is 0.416 e. The van der Waals surface area contributed by atoms with Gasteiger partial charge in [-0.1, -0.05) is 29.4 Å². The number of fused-ring (bicyclic) bond motifs is 1. The quantitative estimate of drug-likeness (QED) is 0.320. The number of piperidine rings is 1. The molecule has 0 bridgehead atoms. The Morgan fingerprint density at radius 2 is 1.71 bits per heavy atom. The van der Waals surface area contributed by atoms with Gasteiger partial charge in [0.15, 0.2) is 5.76 Å².